The van der Waals surface area contributed by atoms with Crippen LogP contribution in [0.3, 0.4) is 0 Å². The summed E-state index contributed by atoms with van der Waals surface area (Å²) < 4.78 is 0. The molecule has 0 amide bonds. The van der Waals surface area contributed by atoms with Gasteiger partial charge in [0, 0.05) is 49.1 Å². The van der Waals surface area contributed by atoms with Gasteiger partial charge in [-0.1, -0.05) is 30.7 Å². The van der Waals surface area contributed by atoms with Crippen molar-refractivity contribution in [3.05, 3.63) is 60.3 Å². The van der Waals surface area contributed by atoms with Crippen molar-refractivity contribution in [1.82, 2.24) is 9.88 Å². The summed E-state index contributed by atoms with van der Waals surface area (Å²) in [5.41, 5.74) is 3.64. The quantitative estimate of drug-likeness (QED) is 0.757. The van der Waals surface area contributed by atoms with Gasteiger partial charge in [-0.2, -0.15) is 0 Å². The predicted octanol–water partition coefficient (Wildman–Crippen LogP) is 4.43. The second-order valence-corrected chi connectivity index (χ2v) is 6.98. The number of aromatic nitrogens is 1. The van der Waals surface area contributed by atoms with E-state index in [0.717, 1.165) is 49.6 Å². The molecule has 1 aliphatic heterocycles. The fourth-order valence-electron chi connectivity index (χ4n) is 3.61. The molecule has 4 heteroatoms. The number of hydrogen-bond acceptors (Lipinski definition) is 4. The predicted molar refractivity (Wildman–Crippen MR) is 111 cm³/mol. The first-order chi connectivity index (χ1) is 12.7. The van der Waals surface area contributed by atoms with E-state index < -0.39 is 0 Å². The first-order valence-corrected chi connectivity index (χ1v) is 9.43. The van der Waals surface area contributed by atoms with Gasteiger partial charge in [0.1, 0.15) is 5.82 Å². The van der Waals surface area contributed by atoms with Crippen molar-refractivity contribution in [2.75, 3.05) is 42.9 Å². The summed E-state index contributed by atoms with van der Waals surface area (Å²) in [6.45, 7) is 10.0. The molecule has 4 rings (SSSR count). The van der Waals surface area contributed by atoms with Crippen molar-refractivity contribution in [2.45, 2.75) is 13.8 Å². The number of hydrogen-bond donors (Lipinski definition) is 1. The lowest BCUT2D eigenvalue weighted by atomic mass is 10.1. The van der Waals surface area contributed by atoms with Crippen molar-refractivity contribution >= 4 is 28.0 Å². The fourth-order valence-corrected chi connectivity index (χ4v) is 3.61. The van der Waals surface area contributed by atoms with E-state index in [1.165, 1.54) is 16.6 Å². The first kappa shape index (κ1) is 16.9. The Labute approximate surface area is 155 Å². The Balaban J connectivity index is 1.50. The molecule has 1 aliphatic rings. The molecule has 1 fully saturated rings. The molecule has 0 saturated carbocycles. The van der Waals surface area contributed by atoms with Crippen LogP contribution in [0.4, 0.5) is 17.2 Å². The lowest BCUT2D eigenvalue weighted by molar-refractivity contribution is 0.271. The van der Waals surface area contributed by atoms with Crippen LogP contribution in [0.15, 0.2) is 54.7 Å². The monoisotopic (exact) mass is 346 g/mol. The Morgan fingerprint density at radius 1 is 0.962 bits per heavy atom. The highest BCUT2D eigenvalue weighted by atomic mass is 15.3. The van der Waals surface area contributed by atoms with E-state index in [9.17, 15) is 0 Å². The molecule has 2 heterocycles. The Kier molecular flexibility index (Phi) is 4.76. The van der Waals surface area contributed by atoms with Crippen LogP contribution < -0.4 is 10.2 Å². The van der Waals surface area contributed by atoms with Crippen LogP contribution in [0.25, 0.3) is 10.8 Å². The number of likely N-dealkylation sites (N-methyl/N-ethyl adjacent to an activating group) is 1. The maximum absolute atomic E-state index is 4.53. The molecule has 26 heavy (non-hydrogen) atoms. The van der Waals surface area contributed by atoms with Crippen LogP contribution in [-0.2, 0) is 0 Å². The summed E-state index contributed by atoms with van der Waals surface area (Å²) in [7, 11) is 0. The third kappa shape index (κ3) is 3.51. The van der Waals surface area contributed by atoms with Crippen molar-refractivity contribution in [3.8, 4) is 0 Å². The molecule has 1 N–H and O–H groups in total. The van der Waals surface area contributed by atoms with Gasteiger partial charge in [-0.3, -0.25) is 0 Å². The minimum absolute atomic E-state index is 0.909. The molecule has 0 unspecified atom stereocenters. The van der Waals surface area contributed by atoms with Crippen molar-refractivity contribution in [1.29, 1.82) is 0 Å². The van der Waals surface area contributed by atoms with Crippen LogP contribution in [0.5, 0.6) is 0 Å². The van der Waals surface area contributed by atoms with Crippen molar-refractivity contribution < 1.29 is 0 Å². The van der Waals surface area contributed by atoms with Gasteiger partial charge in [-0.25, -0.2) is 4.98 Å². The molecule has 3 aromatic rings. The Morgan fingerprint density at radius 2 is 1.73 bits per heavy atom. The Hall–Kier alpha value is -2.59. The second-order valence-electron chi connectivity index (χ2n) is 6.98. The van der Waals surface area contributed by atoms with Crippen LogP contribution in [-0.4, -0.2) is 42.6 Å². The topological polar surface area (TPSA) is 31.4 Å². The van der Waals surface area contributed by atoms with Gasteiger partial charge in [0.2, 0.25) is 0 Å². The smallest absolute Gasteiger partial charge is 0.138 e. The molecule has 1 saturated heterocycles. The van der Waals surface area contributed by atoms with E-state index in [-0.39, 0.29) is 0 Å². The summed E-state index contributed by atoms with van der Waals surface area (Å²) in [5.74, 6) is 0.909. The standard InChI is InChI=1S/C22H26N4/c1-3-25-12-14-26(15-13-25)20-7-5-19(6-8-20)24-22-21-9-4-17(2)16-18(21)10-11-23-22/h4-11,16H,3,12-15H2,1-2H3,(H,23,24). The summed E-state index contributed by atoms with van der Waals surface area (Å²) >= 11 is 0. The molecule has 0 spiro atoms. The number of anilines is 3. The van der Waals surface area contributed by atoms with Crippen molar-refractivity contribution in [3.63, 3.8) is 0 Å². The molecule has 134 valence electrons. The Bertz CT molecular complexity index is 880. The summed E-state index contributed by atoms with van der Waals surface area (Å²) in [4.78, 5) is 9.50. The molecule has 0 bridgehead atoms. The summed E-state index contributed by atoms with van der Waals surface area (Å²) in [6, 6.07) is 17.2. The molecule has 0 aliphatic carbocycles. The van der Waals surface area contributed by atoms with Gasteiger partial charge in [0.15, 0.2) is 0 Å². The average Bonchev–Trinajstić information content (AvgIpc) is 2.69. The van der Waals surface area contributed by atoms with Gasteiger partial charge < -0.3 is 15.1 Å². The molecule has 0 radical (unpaired) electrons. The maximum atomic E-state index is 4.53. The van der Waals surface area contributed by atoms with E-state index in [0.29, 0.717) is 0 Å². The first-order valence-electron chi connectivity index (χ1n) is 9.43. The van der Waals surface area contributed by atoms with Crippen LogP contribution in [0.2, 0.25) is 0 Å². The number of piperazine rings is 1. The summed E-state index contributed by atoms with van der Waals surface area (Å²) in [6.07, 6.45) is 1.87. The normalized spacial score (nSPS) is 15.4. The zero-order valence-electron chi connectivity index (χ0n) is 15.6. The van der Waals surface area contributed by atoms with Gasteiger partial charge in [0.25, 0.3) is 0 Å². The average molecular weight is 346 g/mol. The van der Waals surface area contributed by atoms with E-state index in [2.05, 4.69) is 82.5 Å². The molecule has 4 nitrogen and oxygen atoms in total. The number of benzene rings is 2. The number of aryl methyl sites for hydroxylation is 1. The van der Waals surface area contributed by atoms with E-state index in [1.807, 2.05) is 6.20 Å². The molecule has 0 atom stereocenters. The SMILES string of the molecule is CCN1CCN(c2ccc(Nc3nccc4cc(C)ccc34)cc2)CC1. The Morgan fingerprint density at radius 3 is 2.46 bits per heavy atom. The minimum atomic E-state index is 0.909. The lowest BCUT2D eigenvalue weighted by Crippen LogP contribution is -2.46. The molecular formula is C22H26N4. The van der Waals surface area contributed by atoms with Crippen LogP contribution in [0.1, 0.15) is 12.5 Å². The zero-order chi connectivity index (χ0) is 17.9. The largest absolute Gasteiger partial charge is 0.369 e. The number of pyridine rings is 1. The maximum Gasteiger partial charge on any atom is 0.138 e. The highest BCUT2D eigenvalue weighted by molar-refractivity contribution is 5.93. The number of fused-ring (bicyclic) bond motifs is 1. The van der Waals surface area contributed by atoms with Crippen LogP contribution >= 0.6 is 0 Å². The zero-order valence-corrected chi connectivity index (χ0v) is 15.6. The number of nitrogens with one attached hydrogen (secondary N) is 1. The molecule has 2 aromatic carbocycles. The fraction of sp³-hybridized carbons (Fsp3) is 0.318. The van der Waals surface area contributed by atoms with E-state index in [4.69, 9.17) is 0 Å². The van der Waals surface area contributed by atoms with Gasteiger partial charge in [-0.05, 0) is 49.2 Å². The van der Waals surface area contributed by atoms with E-state index in [1.54, 1.807) is 0 Å². The lowest BCUT2D eigenvalue weighted by Gasteiger charge is -2.35. The highest BCUT2D eigenvalue weighted by Crippen LogP contribution is 2.26. The number of nitrogens with zero attached hydrogens (tertiary/aromatic N) is 3. The number of rotatable bonds is 4. The third-order valence-corrected chi connectivity index (χ3v) is 5.23. The second kappa shape index (κ2) is 7.34. The van der Waals surface area contributed by atoms with Gasteiger partial charge in [-0.15, -0.1) is 0 Å². The summed E-state index contributed by atoms with van der Waals surface area (Å²) in [5, 5.41) is 5.84. The van der Waals surface area contributed by atoms with E-state index >= 15 is 0 Å². The van der Waals surface area contributed by atoms with Gasteiger partial charge >= 0.3 is 0 Å². The van der Waals surface area contributed by atoms with Crippen LogP contribution in [0, 0.1) is 6.92 Å². The van der Waals surface area contributed by atoms with Gasteiger partial charge in [0.05, 0.1) is 0 Å². The van der Waals surface area contributed by atoms with Crippen molar-refractivity contribution in [2.24, 2.45) is 0 Å². The third-order valence-electron chi connectivity index (χ3n) is 5.23. The highest BCUT2D eigenvalue weighted by Gasteiger charge is 2.15. The molecule has 1 aromatic heterocycles. The minimum Gasteiger partial charge on any atom is -0.369 e. The molecular weight excluding hydrogens is 320 g/mol.